The second kappa shape index (κ2) is 7.16. The highest BCUT2D eigenvalue weighted by atomic mass is 16.5. The molecule has 0 radical (unpaired) electrons. The standard InChI is InChI=1S/C20H28N2O3/c1-15-5-4-6-17(9-15)10-19(24)21-8-7-20(14-25-3)13-22(16(2)23)12-18(20)11-21/h4-6,9,18H,7-8,10-14H2,1-3H3. The first-order chi connectivity index (χ1) is 11.9. The monoisotopic (exact) mass is 344 g/mol. The number of carbonyl (C=O) groups excluding carboxylic acids is 2. The van der Waals surface area contributed by atoms with Crippen LogP contribution in [0, 0.1) is 18.3 Å². The fourth-order valence-corrected chi connectivity index (χ4v) is 4.38. The summed E-state index contributed by atoms with van der Waals surface area (Å²) in [5.74, 6) is 0.590. The summed E-state index contributed by atoms with van der Waals surface area (Å²) < 4.78 is 5.48. The Bertz CT molecular complexity index is 660. The normalized spacial score (nSPS) is 25.8. The molecular formula is C20H28N2O3. The van der Waals surface area contributed by atoms with E-state index in [0.29, 0.717) is 18.9 Å². The van der Waals surface area contributed by atoms with E-state index in [0.717, 1.165) is 38.2 Å². The average Bonchev–Trinajstić information content (AvgIpc) is 2.94. The van der Waals surface area contributed by atoms with Gasteiger partial charge in [0.1, 0.15) is 0 Å². The molecule has 2 aliphatic heterocycles. The van der Waals surface area contributed by atoms with Crippen molar-refractivity contribution in [2.75, 3.05) is 39.9 Å². The SMILES string of the molecule is COCC12CCN(C(=O)Cc3cccc(C)c3)CC1CN(C(C)=O)C2. The van der Waals surface area contributed by atoms with Gasteiger partial charge in [-0.3, -0.25) is 9.59 Å². The Kier molecular flexibility index (Phi) is 5.13. The molecule has 0 saturated carbocycles. The number of ether oxygens (including phenoxy) is 1. The first kappa shape index (κ1) is 17.9. The third-order valence-corrected chi connectivity index (χ3v) is 5.80. The summed E-state index contributed by atoms with van der Waals surface area (Å²) in [6.07, 6.45) is 1.34. The molecule has 136 valence electrons. The Morgan fingerprint density at radius 2 is 2.04 bits per heavy atom. The Balaban J connectivity index is 1.68. The van der Waals surface area contributed by atoms with E-state index >= 15 is 0 Å². The van der Waals surface area contributed by atoms with E-state index < -0.39 is 0 Å². The number of rotatable bonds is 4. The summed E-state index contributed by atoms with van der Waals surface area (Å²) in [5.41, 5.74) is 2.24. The van der Waals surface area contributed by atoms with E-state index in [1.54, 1.807) is 14.0 Å². The molecule has 1 aromatic carbocycles. The summed E-state index contributed by atoms with van der Waals surface area (Å²) in [4.78, 5) is 28.5. The highest BCUT2D eigenvalue weighted by molar-refractivity contribution is 5.79. The van der Waals surface area contributed by atoms with Crippen molar-refractivity contribution in [3.05, 3.63) is 35.4 Å². The number of likely N-dealkylation sites (tertiary alicyclic amines) is 2. The van der Waals surface area contributed by atoms with E-state index in [-0.39, 0.29) is 17.2 Å². The third kappa shape index (κ3) is 3.71. The molecule has 2 atom stereocenters. The number of fused-ring (bicyclic) bond motifs is 1. The number of hydrogen-bond donors (Lipinski definition) is 0. The molecule has 0 aliphatic carbocycles. The molecule has 0 aromatic heterocycles. The minimum Gasteiger partial charge on any atom is -0.384 e. The van der Waals surface area contributed by atoms with Crippen molar-refractivity contribution in [3.63, 3.8) is 0 Å². The van der Waals surface area contributed by atoms with Gasteiger partial charge >= 0.3 is 0 Å². The number of carbonyl (C=O) groups is 2. The Morgan fingerprint density at radius 3 is 2.72 bits per heavy atom. The van der Waals surface area contributed by atoms with Crippen molar-refractivity contribution in [2.45, 2.75) is 26.7 Å². The summed E-state index contributed by atoms with van der Waals surface area (Å²) in [6, 6.07) is 8.13. The lowest BCUT2D eigenvalue weighted by Gasteiger charge is -2.43. The highest BCUT2D eigenvalue weighted by Crippen LogP contribution is 2.43. The predicted octanol–water partition coefficient (Wildman–Crippen LogP) is 1.88. The molecule has 0 N–H and O–H groups in total. The van der Waals surface area contributed by atoms with Gasteiger partial charge in [0.25, 0.3) is 0 Å². The number of nitrogens with zero attached hydrogens (tertiary/aromatic N) is 2. The summed E-state index contributed by atoms with van der Waals surface area (Å²) >= 11 is 0. The maximum atomic E-state index is 12.8. The zero-order valence-corrected chi connectivity index (χ0v) is 15.5. The summed E-state index contributed by atoms with van der Waals surface area (Å²) in [7, 11) is 1.72. The van der Waals surface area contributed by atoms with Gasteiger partial charge in [0, 0.05) is 51.5 Å². The topological polar surface area (TPSA) is 49.9 Å². The van der Waals surface area contributed by atoms with Crippen LogP contribution in [-0.4, -0.2) is 61.5 Å². The van der Waals surface area contributed by atoms with E-state index in [1.165, 1.54) is 5.56 Å². The molecule has 2 saturated heterocycles. The third-order valence-electron chi connectivity index (χ3n) is 5.80. The van der Waals surface area contributed by atoms with Gasteiger partial charge in [0.05, 0.1) is 13.0 Å². The molecule has 2 unspecified atom stereocenters. The summed E-state index contributed by atoms with van der Waals surface area (Å²) in [5, 5.41) is 0. The molecule has 2 heterocycles. The minimum atomic E-state index is 0.000531. The van der Waals surface area contributed by atoms with E-state index in [9.17, 15) is 9.59 Å². The van der Waals surface area contributed by atoms with Crippen LogP contribution in [0.2, 0.25) is 0 Å². The van der Waals surface area contributed by atoms with Gasteiger partial charge in [0.2, 0.25) is 11.8 Å². The number of amides is 2. The number of benzene rings is 1. The molecule has 0 bridgehead atoms. The van der Waals surface area contributed by atoms with Crippen molar-refractivity contribution in [2.24, 2.45) is 11.3 Å². The van der Waals surface area contributed by atoms with Gasteiger partial charge in [-0.25, -0.2) is 0 Å². The average molecular weight is 344 g/mol. The lowest BCUT2D eigenvalue weighted by atomic mass is 9.73. The molecule has 1 aromatic rings. The van der Waals surface area contributed by atoms with Gasteiger partial charge in [0.15, 0.2) is 0 Å². The van der Waals surface area contributed by atoms with Crippen molar-refractivity contribution in [1.29, 1.82) is 0 Å². The molecular weight excluding hydrogens is 316 g/mol. The van der Waals surface area contributed by atoms with Crippen LogP contribution < -0.4 is 0 Å². The molecule has 3 rings (SSSR count). The predicted molar refractivity (Wildman–Crippen MR) is 96.1 cm³/mol. The molecule has 5 nitrogen and oxygen atoms in total. The molecule has 2 fully saturated rings. The molecule has 2 aliphatic rings. The van der Waals surface area contributed by atoms with E-state index in [2.05, 4.69) is 6.07 Å². The van der Waals surface area contributed by atoms with Crippen LogP contribution >= 0.6 is 0 Å². The van der Waals surface area contributed by atoms with E-state index in [1.807, 2.05) is 34.9 Å². The van der Waals surface area contributed by atoms with Crippen LogP contribution in [0.15, 0.2) is 24.3 Å². The molecule has 25 heavy (non-hydrogen) atoms. The van der Waals surface area contributed by atoms with Crippen LogP contribution in [0.4, 0.5) is 0 Å². The zero-order chi connectivity index (χ0) is 18.0. The maximum Gasteiger partial charge on any atom is 0.227 e. The maximum absolute atomic E-state index is 12.8. The smallest absolute Gasteiger partial charge is 0.227 e. The lowest BCUT2D eigenvalue weighted by Crippen LogP contribution is -2.51. The van der Waals surface area contributed by atoms with Gasteiger partial charge in [-0.1, -0.05) is 29.8 Å². The van der Waals surface area contributed by atoms with Crippen molar-refractivity contribution in [3.8, 4) is 0 Å². The Hall–Kier alpha value is -1.88. The molecule has 5 heteroatoms. The van der Waals surface area contributed by atoms with Crippen molar-refractivity contribution < 1.29 is 14.3 Å². The number of hydrogen-bond acceptors (Lipinski definition) is 3. The second-order valence-corrected chi connectivity index (χ2v) is 7.65. The number of aryl methyl sites for hydroxylation is 1. The quantitative estimate of drug-likeness (QED) is 0.838. The second-order valence-electron chi connectivity index (χ2n) is 7.65. The van der Waals surface area contributed by atoms with Crippen molar-refractivity contribution >= 4 is 11.8 Å². The van der Waals surface area contributed by atoms with Gasteiger partial charge < -0.3 is 14.5 Å². The Morgan fingerprint density at radius 1 is 1.28 bits per heavy atom. The number of methoxy groups -OCH3 is 1. The van der Waals surface area contributed by atoms with Crippen LogP contribution in [0.3, 0.4) is 0 Å². The fraction of sp³-hybridized carbons (Fsp3) is 0.600. The highest BCUT2D eigenvalue weighted by Gasteiger charge is 2.50. The summed E-state index contributed by atoms with van der Waals surface area (Å²) in [6.45, 7) is 7.27. The van der Waals surface area contributed by atoms with Crippen LogP contribution in [-0.2, 0) is 20.7 Å². The Labute approximate surface area is 149 Å². The number of piperidine rings is 1. The first-order valence-electron chi connectivity index (χ1n) is 9.01. The van der Waals surface area contributed by atoms with Crippen LogP contribution in [0.25, 0.3) is 0 Å². The van der Waals surface area contributed by atoms with Gasteiger partial charge in [-0.15, -0.1) is 0 Å². The van der Waals surface area contributed by atoms with Gasteiger partial charge in [-0.05, 0) is 18.9 Å². The molecule has 0 spiro atoms. The fourth-order valence-electron chi connectivity index (χ4n) is 4.38. The molecule has 2 amide bonds. The van der Waals surface area contributed by atoms with Gasteiger partial charge in [-0.2, -0.15) is 0 Å². The van der Waals surface area contributed by atoms with E-state index in [4.69, 9.17) is 4.74 Å². The first-order valence-corrected chi connectivity index (χ1v) is 9.01. The van der Waals surface area contributed by atoms with Crippen LogP contribution in [0.1, 0.15) is 24.5 Å². The van der Waals surface area contributed by atoms with Crippen LogP contribution in [0.5, 0.6) is 0 Å². The largest absolute Gasteiger partial charge is 0.384 e. The minimum absolute atomic E-state index is 0.000531. The lowest BCUT2D eigenvalue weighted by molar-refractivity contribution is -0.135. The zero-order valence-electron chi connectivity index (χ0n) is 15.5. The van der Waals surface area contributed by atoms with Crippen molar-refractivity contribution in [1.82, 2.24) is 9.80 Å².